The second-order valence-corrected chi connectivity index (χ2v) is 15.8. The maximum absolute atomic E-state index is 14.3. The molecular formula is C50H85FN2O2. The molecule has 0 saturated carbocycles. The fraction of sp³-hybridized carbons (Fsp3) is 0.720. The number of hydrogen-bond acceptors (Lipinski definition) is 4. The number of rotatable bonds is 37. The minimum absolute atomic E-state index is 0.120. The van der Waals surface area contributed by atoms with Gasteiger partial charge in [-0.05, 0) is 95.6 Å². The Hall–Kier alpha value is -2.21. The molecule has 0 radical (unpaired) electrons. The van der Waals surface area contributed by atoms with Crippen LogP contribution in [0.5, 0.6) is 0 Å². The van der Waals surface area contributed by atoms with Crippen LogP contribution < -0.4 is 4.90 Å². The quantitative estimate of drug-likeness (QED) is 0.0498. The van der Waals surface area contributed by atoms with Crippen LogP contribution in [0.25, 0.3) is 0 Å². The summed E-state index contributed by atoms with van der Waals surface area (Å²) < 4.78 is 27.0. The number of hydrogen-bond donors (Lipinski definition) is 0. The Kier molecular flexibility index (Phi) is 33.3. The van der Waals surface area contributed by atoms with E-state index in [0.29, 0.717) is 6.61 Å². The van der Waals surface area contributed by atoms with E-state index in [1.165, 1.54) is 128 Å². The SMILES string of the molecule is CCCCC/C=C/C/C=C/CCCCCCCCOCC(CCN1CCN(c2ccccc2F)CC1)OCCCCCCCC/C=C/C/C=C/CCCCC. The van der Waals surface area contributed by atoms with Crippen molar-refractivity contribution in [2.45, 2.75) is 180 Å². The lowest BCUT2D eigenvalue weighted by Crippen LogP contribution is -2.47. The van der Waals surface area contributed by atoms with Crippen LogP contribution >= 0.6 is 0 Å². The molecule has 314 valence electrons. The molecule has 1 aromatic rings. The van der Waals surface area contributed by atoms with Gasteiger partial charge < -0.3 is 14.4 Å². The molecule has 0 spiro atoms. The molecular weight excluding hydrogens is 680 g/mol. The van der Waals surface area contributed by atoms with Gasteiger partial charge in [0.25, 0.3) is 0 Å². The van der Waals surface area contributed by atoms with Crippen molar-refractivity contribution in [2.75, 3.05) is 57.4 Å². The third kappa shape index (κ3) is 28.8. The lowest BCUT2D eigenvalue weighted by molar-refractivity contribution is -0.0264. The van der Waals surface area contributed by atoms with Gasteiger partial charge >= 0.3 is 0 Å². The minimum atomic E-state index is -0.120. The molecule has 0 aliphatic carbocycles. The number of ether oxygens (including phenoxy) is 2. The number of halogens is 1. The van der Waals surface area contributed by atoms with Gasteiger partial charge in [-0.3, -0.25) is 4.90 Å². The van der Waals surface area contributed by atoms with Gasteiger partial charge in [-0.25, -0.2) is 4.39 Å². The Balaban J connectivity index is 1.56. The average Bonchev–Trinajstić information content (AvgIpc) is 3.20. The molecule has 0 aromatic heterocycles. The summed E-state index contributed by atoms with van der Waals surface area (Å²) in [5, 5.41) is 0. The lowest BCUT2D eigenvalue weighted by atomic mass is 10.1. The molecule has 1 fully saturated rings. The van der Waals surface area contributed by atoms with Crippen LogP contribution in [0.3, 0.4) is 0 Å². The molecule has 1 aliphatic rings. The number of allylic oxidation sites excluding steroid dienone is 8. The number of para-hydroxylation sites is 1. The van der Waals surface area contributed by atoms with Gasteiger partial charge in [-0.15, -0.1) is 0 Å². The summed E-state index contributed by atoms with van der Waals surface area (Å²) in [5.74, 6) is -0.120. The van der Waals surface area contributed by atoms with Gasteiger partial charge in [0.1, 0.15) is 5.82 Å². The van der Waals surface area contributed by atoms with E-state index in [9.17, 15) is 4.39 Å². The maximum atomic E-state index is 14.3. The fourth-order valence-corrected chi connectivity index (χ4v) is 7.21. The van der Waals surface area contributed by atoms with E-state index >= 15 is 0 Å². The number of unbranched alkanes of at least 4 members (excludes halogenated alkanes) is 18. The van der Waals surface area contributed by atoms with Gasteiger partial charge in [0.15, 0.2) is 0 Å². The standard InChI is InChI=1S/C50H85FN2O2/c1-3-5-7-9-11-13-15-17-19-21-23-25-27-29-31-35-45-54-47-48(39-40-52-41-43-53(44-42-52)50-38-34-33-37-49(50)51)55-46-36-32-30-28-26-24-22-20-18-16-14-12-10-8-6-4-2/h11-14,17-20,33-34,37-38,48H,3-10,15-16,21-32,35-36,39-47H2,1-2H3/b13-11+,14-12+,19-17+,20-18+. The Labute approximate surface area is 340 Å². The molecule has 4 nitrogen and oxygen atoms in total. The van der Waals surface area contributed by atoms with Crippen LogP contribution in [0.1, 0.15) is 174 Å². The first-order chi connectivity index (χ1) is 27.2. The molecule has 5 heteroatoms. The van der Waals surface area contributed by atoms with E-state index in [4.69, 9.17) is 9.47 Å². The molecule has 2 rings (SSSR count). The maximum Gasteiger partial charge on any atom is 0.146 e. The molecule has 1 aromatic carbocycles. The first-order valence-electron chi connectivity index (χ1n) is 23.3. The predicted octanol–water partition coefficient (Wildman–Crippen LogP) is 14.4. The molecule has 1 atom stereocenters. The van der Waals surface area contributed by atoms with Crippen molar-refractivity contribution in [3.05, 3.63) is 78.7 Å². The van der Waals surface area contributed by atoms with E-state index in [1.807, 2.05) is 12.1 Å². The van der Waals surface area contributed by atoms with Gasteiger partial charge in [-0.1, -0.05) is 152 Å². The van der Waals surface area contributed by atoms with Crippen molar-refractivity contribution in [3.63, 3.8) is 0 Å². The summed E-state index contributed by atoms with van der Waals surface area (Å²) in [4.78, 5) is 4.69. The van der Waals surface area contributed by atoms with Crippen LogP contribution in [0.4, 0.5) is 10.1 Å². The smallest absolute Gasteiger partial charge is 0.146 e. The summed E-state index contributed by atoms with van der Waals surface area (Å²) in [7, 11) is 0. The molecule has 55 heavy (non-hydrogen) atoms. The van der Waals surface area contributed by atoms with Crippen molar-refractivity contribution in [1.82, 2.24) is 4.90 Å². The number of anilines is 1. The molecule has 1 saturated heterocycles. The molecule has 1 aliphatic heterocycles. The average molecular weight is 765 g/mol. The number of piperazine rings is 1. The highest BCUT2D eigenvalue weighted by Gasteiger charge is 2.20. The van der Waals surface area contributed by atoms with Crippen LogP contribution in [0, 0.1) is 5.82 Å². The van der Waals surface area contributed by atoms with Crippen LogP contribution in [-0.4, -0.2) is 63.5 Å². The van der Waals surface area contributed by atoms with E-state index in [-0.39, 0.29) is 11.9 Å². The van der Waals surface area contributed by atoms with Crippen LogP contribution in [0.15, 0.2) is 72.9 Å². The third-order valence-corrected chi connectivity index (χ3v) is 10.8. The van der Waals surface area contributed by atoms with Crippen molar-refractivity contribution in [1.29, 1.82) is 0 Å². The van der Waals surface area contributed by atoms with Gasteiger partial charge in [0, 0.05) is 45.9 Å². The van der Waals surface area contributed by atoms with Crippen molar-refractivity contribution in [2.24, 2.45) is 0 Å². The van der Waals surface area contributed by atoms with Gasteiger partial charge in [-0.2, -0.15) is 0 Å². The second-order valence-electron chi connectivity index (χ2n) is 15.8. The Morgan fingerprint density at radius 3 is 1.56 bits per heavy atom. The zero-order chi connectivity index (χ0) is 39.1. The van der Waals surface area contributed by atoms with Crippen molar-refractivity contribution in [3.8, 4) is 0 Å². The van der Waals surface area contributed by atoms with Crippen molar-refractivity contribution < 1.29 is 13.9 Å². The van der Waals surface area contributed by atoms with Gasteiger partial charge in [0.2, 0.25) is 0 Å². The number of benzene rings is 1. The Morgan fingerprint density at radius 2 is 1.04 bits per heavy atom. The van der Waals surface area contributed by atoms with E-state index < -0.39 is 0 Å². The second kappa shape index (κ2) is 37.4. The summed E-state index contributed by atoms with van der Waals surface area (Å²) in [6.07, 6.45) is 50.2. The molecule has 1 heterocycles. The highest BCUT2D eigenvalue weighted by atomic mass is 19.1. The zero-order valence-electron chi connectivity index (χ0n) is 35.9. The largest absolute Gasteiger partial charge is 0.379 e. The monoisotopic (exact) mass is 765 g/mol. The first kappa shape index (κ1) is 48.9. The third-order valence-electron chi connectivity index (χ3n) is 10.8. The summed E-state index contributed by atoms with van der Waals surface area (Å²) in [6, 6.07) is 7.16. The van der Waals surface area contributed by atoms with E-state index in [1.54, 1.807) is 12.1 Å². The fourth-order valence-electron chi connectivity index (χ4n) is 7.21. The zero-order valence-corrected chi connectivity index (χ0v) is 35.9. The highest BCUT2D eigenvalue weighted by molar-refractivity contribution is 5.48. The molecule has 0 N–H and O–H groups in total. The molecule has 0 bridgehead atoms. The summed E-state index contributed by atoms with van der Waals surface area (Å²) in [5.41, 5.74) is 0.731. The first-order valence-corrected chi connectivity index (χ1v) is 23.3. The number of nitrogens with zero attached hydrogens (tertiary/aromatic N) is 2. The lowest BCUT2D eigenvalue weighted by Gasteiger charge is -2.36. The minimum Gasteiger partial charge on any atom is -0.379 e. The van der Waals surface area contributed by atoms with Crippen LogP contribution in [-0.2, 0) is 9.47 Å². The Bertz CT molecular complexity index is 1090. The normalized spacial score (nSPS) is 14.9. The van der Waals surface area contributed by atoms with Gasteiger partial charge in [0.05, 0.1) is 18.4 Å². The van der Waals surface area contributed by atoms with E-state index in [0.717, 1.165) is 83.7 Å². The predicted molar refractivity (Wildman–Crippen MR) is 239 cm³/mol. The molecule has 1 unspecified atom stereocenters. The molecule has 0 amide bonds. The topological polar surface area (TPSA) is 24.9 Å². The summed E-state index contributed by atoms with van der Waals surface area (Å²) in [6.45, 7) is 11.5. The highest BCUT2D eigenvalue weighted by Crippen LogP contribution is 2.20. The Morgan fingerprint density at radius 1 is 0.564 bits per heavy atom. The van der Waals surface area contributed by atoms with Crippen molar-refractivity contribution >= 4 is 5.69 Å². The summed E-state index contributed by atoms with van der Waals surface area (Å²) >= 11 is 0. The van der Waals surface area contributed by atoms with Crippen LogP contribution in [0.2, 0.25) is 0 Å². The van der Waals surface area contributed by atoms with E-state index in [2.05, 4.69) is 72.3 Å².